The van der Waals surface area contributed by atoms with E-state index in [0.717, 1.165) is 22.0 Å². The fourth-order valence-corrected chi connectivity index (χ4v) is 2.60. The van der Waals surface area contributed by atoms with Crippen LogP contribution in [0.25, 0.3) is 22.0 Å². The molecule has 0 amide bonds. The molecule has 1 aromatic heterocycles. The first-order valence-electron chi connectivity index (χ1n) is 6.28. The standard InChI is InChI=1S/C17H14ClN/c1-11-7-8-15-13(9-11)10-16(19-17(15)18)14-6-4-3-5-12(14)2/h3-10H,1-2H3. The molecule has 0 fully saturated rings. The lowest BCUT2D eigenvalue weighted by molar-refractivity contribution is 1.33. The fraction of sp³-hybridized carbons (Fsp3) is 0.118. The van der Waals surface area contributed by atoms with Gasteiger partial charge in [-0.05, 0) is 30.9 Å². The maximum absolute atomic E-state index is 6.31. The third-order valence-corrected chi connectivity index (χ3v) is 3.65. The van der Waals surface area contributed by atoms with Crippen molar-refractivity contribution in [1.82, 2.24) is 4.98 Å². The maximum atomic E-state index is 6.31. The normalized spacial score (nSPS) is 10.9. The summed E-state index contributed by atoms with van der Waals surface area (Å²) in [6, 6.07) is 16.6. The van der Waals surface area contributed by atoms with E-state index in [9.17, 15) is 0 Å². The zero-order valence-corrected chi connectivity index (χ0v) is 11.7. The summed E-state index contributed by atoms with van der Waals surface area (Å²) < 4.78 is 0. The highest BCUT2D eigenvalue weighted by Crippen LogP contribution is 2.29. The maximum Gasteiger partial charge on any atom is 0.137 e. The Morgan fingerprint density at radius 2 is 1.74 bits per heavy atom. The minimum absolute atomic E-state index is 0.566. The van der Waals surface area contributed by atoms with Crippen LogP contribution in [-0.4, -0.2) is 4.98 Å². The van der Waals surface area contributed by atoms with Gasteiger partial charge in [0.1, 0.15) is 5.15 Å². The molecule has 3 aromatic rings. The van der Waals surface area contributed by atoms with E-state index in [-0.39, 0.29) is 0 Å². The largest absolute Gasteiger partial charge is 0.235 e. The molecule has 0 aliphatic carbocycles. The van der Waals surface area contributed by atoms with Crippen LogP contribution in [0.5, 0.6) is 0 Å². The Balaban J connectivity index is 2.29. The Kier molecular flexibility index (Phi) is 3.00. The van der Waals surface area contributed by atoms with Gasteiger partial charge in [-0.1, -0.05) is 59.6 Å². The molecule has 0 aliphatic heterocycles. The molecule has 1 nitrogen and oxygen atoms in total. The second kappa shape index (κ2) is 4.67. The lowest BCUT2D eigenvalue weighted by Gasteiger charge is -2.08. The molecule has 0 saturated heterocycles. The molecule has 0 unspecified atom stereocenters. The number of hydrogen-bond donors (Lipinski definition) is 0. The average molecular weight is 268 g/mol. The third-order valence-electron chi connectivity index (χ3n) is 3.36. The SMILES string of the molecule is Cc1ccc2c(Cl)nc(-c3ccccc3C)cc2c1. The van der Waals surface area contributed by atoms with Gasteiger partial charge in [-0.15, -0.1) is 0 Å². The summed E-state index contributed by atoms with van der Waals surface area (Å²) in [6.45, 7) is 4.17. The molecule has 0 spiro atoms. The lowest BCUT2D eigenvalue weighted by Crippen LogP contribution is -1.89. The van der Waals surface area contributed by atoms with Gasteiger partial charge >= 0.3 is 0 Å². The van der Waals surface area contributed by atoms with Gasteiger partial charge in [-0.3, -0.25) is 0 Å². The minimum atomic E-state index is 0.566. The highest BCUT2D eigenvalue weighted by Gasteiger charge is 2.07. The zero-order chi connectivity index (χ0) is 13.4. The molecular weight excluding hydrogens is 254 g/mol. The van der Waals surface area contributed by atoms with Crippen molar-refractivity contribution in [3.63, 3.8) is 0 Å². The first-order chi connectivity index (χ1) is 9.15. The molecule has 0 saturated carbocycles. The third kappa shape index (κ3) is 2.22. The molecule has 0 atom stereocenters. The summed E-state index contributed by atoms with van der Waals surface area (Å²) in [5.74, 6) is 0. The summed E-state index contributed by atoms with van der Waals surface area (Å²) >= 11 is 6.31. The van der Waals surface area contributed by atoms with Gasteiger partial charge in [0, 0.05) is 10.9 Å². The van der Waals surface area contributed by atoms with Crippen LogP contribution in [-0.2, 0) is 0 Å². The topological polar surface area (TPSA) is 12.9 Å². The zero-order valence-electron chi connectivity index (χ0n) is 10.9. The number of fused-ring (bicyclic) bond motifs is 1. The van der Waals surface area contributed by atoms with E-state index in [1.165, 1.54) is 11.1 Å². The van der Waals surface area contributed by atoms with Gasteiger partial charge < -0.3 is 0 Å². The molecule has 2 aromatic carbocycles. The summed E-state index contributed by atoms with van der Waals surface area (Å²) in [5.41, 5.74) is 4.50. The van der Waals surface area contributed by atoms with Gasteiger partial charge in [0.2, 0.25) is 0 Å². The highest BCUT2D eigenvalue weighted by molar-refractivity contribution is 6.34. The van der Waals surface area contributed by atoms with Crippen LogP contribution >= 0.6 is 11.6 Å². The Bertz CT molecular complexity index is 762. The number of nitrogens with zero attached hydrogens (tertiary/aromatic N) is 1. The van der Waals surface area contributed by atoms with Gasteiger partial charge in [-0.2, -0.15) is 0 Å². The average Bonchev–Trinajstić information content (AvgIpc) is 2.38. The first-order valence-corrected chi connectivity index (χ1v) is 6.66. The minimum Gasteiger partial charge on any atom is -0.235 e. The number of aromatic nitrogens is 1. The highest BCUT2D eigenvalue weighted by atomic mass is 35.5. The van der Waals surface area contributed by atoms with E-state index in [1.807, 2.05) is 18.2 Å². The van der Waals surface area contributed by atoms with Gasteiger partial charge in [0.05, 0.1) is 5.69 Å². The molecular formula is C17H14ClN. The van der Waals surface area contributed by atoms with E-state index >= 15 is 0 Å². The Hall–Kier alpha value is -1.86. The predicted molar refractivity (Wildman–Crippen MR) is 81.7 cm³/mol. The smallest absolute Gasteiger partial charge is 0.137 e. The van der Waals surface area contributed by atoms with Crippen LogP contribution < -0.4 is 0 Å². The predicted octanol–water partition coefficient (Wildman–Crippen LogP) is 5.17. The summed E-state index contributed by atoms with van der Waals surface area (Å²) in [5, 5.41) is 2.71. The Morgan fingerprint density at radius 3 is 2.53 bits per heavy atom. The van der Waals surface area contributed by atoms with Crippen LogP contribution in [0.2, 0.25) is 5.15 Å². The van der Waals surface area contributed by atoms with Crippen LogP contribution in [0.4, 0.5) is 0 Å². The monoisotopic (exact) mass is 267 g/mol. The van der Waals surface area contributed by atoms with Crippen molar-refractivity contribution >= 4 is 22.4 Å². The van der Waals surface area contributed by atoms with Crippen LogP contribution in [0.1, 0.15) is 11.1 Å². The van der Waals surface area contributed by atoms with Crippen LogP contribution in [0.15, 0.2) is 48.5 Å². The fourth-order valence-electron chi connectivity index (χ4n) is 2.33. The number of aryl methyl sites for hydroxylation is 2. The number of benzene rings is 2. The molecule has 0 radical (unpaired) electrons. The van der Waals surface area contributed by atoms with E-state index in [0.29, 0.717) is 5.15 Å². The molecule has 0 aliphatic rings. The number of pyridine rings is 1. The molecule has 1 heterocycles. The summed E-state index contributed by atoms with van der Waals surface area (Å²) in [7, 11) is 0. The van der Waals surface area contributed by atoms with Crippen molar-refractivity contribution in [1.29, 1.82) is 0 Å². The second-order valence-corrected chi connectivity index (χ2v) is 5.20. The van der Waals surface area contributed by atoms with Crippen molar-refractivity contribution in [2.24, 2.45) is 0 Å². The quantitative estimate of drug-likeness (QED) is 0.554. The van der Waals surface area contributed by atoms with E-state index < -0.39 is 0 Å². The second-order valence-electron chi connectivity index (χ2n) is 4.84. The van der Waals surface area contributed by atoms with E-state index in [2.05, 4.69) is 49.2 Å². The van der Waals surface area contributed by atoms with Gasteiger partial charge in [-0.25, -0.2) is 4.98 Å². The van der Waals surface area contributed by atoms with Crippen molar-refractivity contribution in [3.8, 4) is 11.3 Å². The van der Waals surface area contributed by atoms with Crippen molar-refractivity contribution in [3.05, 3.63) is 64.8 Å². The molecule has 0 bridgehead atoms. The number of hydrogen-bond acceptors (Lipinski definition) is 1. The van der Waals surface area contributed by atoms with Crippen molar-refractivity contribution < 1.29 is 0 Å². The molecule has 3 rings (SSSR count). The van der Waals surface area contributed by atoms with Crippen molar-refractivity contribution in [2.75, 3.05) is 0 Å². The van der Waals surface area contributed by atoms with Gasteiger partial charge in [0.25, 0.3) is 0 Å². The van der Waals surface area contributed by atoms with Gasteiger partial charge in [0.15, 0.2) is 0 Å². The molecule has 0 N–H and O–H groups in total. The molecule has 94 valence electrons. The van der Waals surface area contributed by atoms with E-state index in [4.69, 9.17) is 11.6 Å². The lowest BCUT2D eigenvalue weighted by atomic mass is 10.0. The summed E-state index contributed by atoms with van der Waals surface area (Å²) in [4.78, 5) is 4.53. The van der Waals surface area contributed by atoms with Crippen molar-refractivity contribution in [2.45, 2.75) is 13.8 Å². The Labute approximate surface area is 117 Å². The van der Waals surface area contributed by atoms with Crippen LogP contribution in [0.3, 0.4) is 0 Å². The Morgan fingerprint density at radius 1 is 0.947 bits per heavy atom. The number of halogens is 1. The first kappa shape index (κ1) is 12.2. The summed E-state index contributed by atoms with van der Waals surface area (Å²) in [6.07, 6.45) is 0. The van der Waals surface area contributed by atoms with E-state index in [1.54, 1.807) is 0 Å². The molecule has 2 heteroatoms. The number of rotatable bonds is 1. The van der Waals surface area contributed by atoms with Crippen LogP contribution in [0, 0.1) is 13.8 Å². The molecule has 19 heavy (non-hydrogen) atoms.